The van der Waals surface area contributed by atoms with Crippen molar-refractivity contribution in [3.8, 4) is 0 Å². The minimum absolute atomic E-state index is 0.263. The Balaban J connectivity index is 2.85. The molecule has 0 radical (unpaired) electrons. The molecule has 0 amide bonds. The molecular formula is C15H18F2N2. The molecule has 1 heterocycles. The Hall–Kier alpha value is -1.71. The summed E-state index contributed by atoms with van der Waals surface area (Å²) >= 11 is 0. The lowest BCUT2D eigenvalue weighted by molar-refractivity contribution is 0.510. The summed E-state index contributed by atoms with van der Waals surface area (Å²) in [6.45, 7) is 8.73. The molecular weight excluding hydrogens is 246 g/mol. The van der Waals surface area contributed by atoms with E-state index in [2.05, 4.69) is 24.1 Å². The number of fused-ring (bicyclic) bond motifs is 1. The summed E-state index contributed by atoms with van der Waals surface area (Å²) in [7, 11) is 0. The zero-order valence-electron chi connectivity index (χ0n) is 11.6. The molecule has 2 aromatic rings. The van der Waals surface area contributed by atoms with Gasteiger partial charge in [-0.1, -0.05) is 13.8 Å². The van der Waals surface area contributed by atoms with Crippen molar-refractivity contribution in [3.05, 3.63) is 35.0 Å². The molecule has 0 spiro atoms. The number of pyridine rings is 1. The summed E-state index contributed by atoms with van der Waals surface area (Å²) in [6.07, 6.45) is 0. The van der Waals surface area contributed by atoms with Gasteiger partial charge in [0.15, 0.2) is 11.6 Å². The highest BCUT2D eigenvalue weighted by Crippen LogP contribution is 2.34. The van der Waals surface area contributed by atoms with Gasteiger partial charge in [0.2, 0.25) is 0 Å². The minimum Gasteiger partial charge on any atom is -0.384 e. The summed E-state index contributed by atoms with van der Waals surface area (Å²) in [6, 6.07) is 2.38. The molecule has 0 aliphatic heterocycles. The predicted octanol–water partition coefficient (Wildman–Crippen LogP) is 4.38. The van der Waals surface area contributed by atoms with Crippen molar-refractivity contribution in [2.75, 3.05) is 11.9 Å². The quantitative estimate of drug-likeness (QED) is 0.890. The van der Waals surface area contributed by atoms with Crippen LogP contribution in [0.5, 0.6) is 0 Å². The maximum absolute atomic E-state index is 13.5. The number of aryl methyl sites for hydroxylation is 1. The van der Waals surface area contributed by atoms with Gasteiger partial charge in [-0.15, -0.1) is 0 Å². The zero-order valence-corrected chi connectivity index (χ0v) is 11.6. The van der Waals surface area contributed by atoms with Gasteiger partial charge in [-0.25, -0.2) is 8.78 Å². The maximum atomic E-state index is 13.5. The fourth-order valence-corrected chi connectivity index (χ4v) is 2.47. The monoisotopic (exact) mass is 264 g/mol. The van der Waals surface area contributed by atoms with Crippen LogP contribution in [0.2, 0.25) is 0 Å². The summed E-state index contributed by atoms with van der Waals surface area (Å²) in [5.41, 5.74) is 3.25. The number of hydrogen-bond donors (Lipinski definition) is 1. The average Bonchev–Trinajstić information content (AvgIpc) is 2.31. The molecule has 4 heteroatoms. The van der Waals surface area contributed by atoms with Crippen molar-refractivity contribution in [3.63, 3.8) is 0 Å². The van der Waals surface area contributed by atoms with E-state index >= 15 is 0 Å². The molecule has 0 bridgehead atoms. The highest BCUT2D eigenvalue weighted by atomic mass is 19.2. The van der Waals surface area contributed by atoms with Gasteiger partial charge in [0.1, 0.15) is 0 Å². The average molecular weight is 264 g/mol. The predicted molar refractivity (Wildman–Crippen MR) is 74.6 cm³/mol. The Morgan fingerprint density at radius 3 is 2.42 bits per heavy atom. The van der Waals surface area contributed by atoms with Crippen molar-refractivity contribution < 1.29 is 8.78 Å². The molecule has 0 saturated heterocycles. The number of nitrogens with zero attached hydrogens (tertiary/aromatic N) is 1. The molecule has 0 aliphatic rings. The van der Waals surface area contributed by atoms with Crippen LogP contribution >= 0.6 is 0 Å². The molecule has 2 nitrogen and oxygen atoms in total. The largest absolute Gasteiger partial charge is 0.384 e. The van der Waals surface area contributed by atoms with E-state index in [-0.39, 0.29) is 5.92 Å². The summed E-state index contributed by atoms with van der Waals surface area (Å²) in [4.78, 5) is 4.40. The standard InChI is InChI=1S/C15H18F2N2/c1-5-18-15-10-6-11(16)12(17)7-13(10)19-9(4)14(15)8(2)3/h6-8H,5H2,1-4H3,(H,18,19). The van der Waals surface area contributed by atoms with Crippen molar-refractivity contribution >= 4 is 16.6 Å². The summed E-state index contributed by atoms with van der Waals surface area (Å²) < 4.78 is 26.8. The molecule has 2 rings (SSSR count). The van der Waals surface area contributed by atoms with Crippen molar-refractivity contribution in [1.29, 1.82) is 0 Å². The molecule has 1 aromatic heterocycles. The van der Waals surface area contributed by atoms with Crippen LogP contribution in [0.25, 0.3) is 10.9 Å². The normalized spacial score (nSPS) is 11.3. The van der Waals surface area contributed by atoms with Crippen LogP contribution in [0.1, 0.15) is 37.9 Å². The van der Waals surface area contributed by atoms with Crippen molar-refractivity contribution in [2.24, 2.45) is 0 Å². The van der Waals surface area contributed by atoms with Crippen LogP contribution in [-0.2, 0) is 0 Å². The van der Waals surface area contributed by atoms with Crippen molar-refractivity contribution in [2.45, 2.75) is 33.6 Å². The van der Waals surface area contributed by atoms with E-state index in [4.69, 9.17) is 0 Å². The number of halogens is 2. The fraction of sp³-hybridized carbons (Fsp3) is 0.400. The maximum Gasteiger partial charge on any atom is 0.161 e. The molecule has 0 saturated carbocycles. The first-order chi connectivity index (χ1) is 8.95. The first-order valence-corrected chi connectivity index (χ1v) is 6.48. The lowest BCUT2D eigenvalue weighted by Gasteiger charge is -2.19. The number of benzene rings is 1. The third-order valence-electron chi connectivity index (χ3n) is 3.19. The molecule has 1 N–H and O–H groups in total. The van der Waals surface area contributed by atoms with Crippen LogP contribution in [-0.4, -0.2) is 11.5 Å². The van der Waals surface area contributed by atoms with Gasteiger partial charge in [0.25, 0.3) is 0 Å². The third-order valence-corrected chi connectivity index (χ3v) is 3.19. The molecule has 1 aromatic carbocycles. The van der Waals surface area contributed by atoms with Gasteiger partial charge in [-0.2, -0.15) is 0 Å². The molecule has 19 heavy (non-hydrogen) atoms. The smallest absolute Gasteiger partial charge is 0.161 e. The van der Waals surface area contributed by atoms with Gasteiger partial charge in [-0.05, 0) is 31.4 Å². The number of nitrogens with one attached hydrogen (secondary N) is 1. The van der Waals surface area contributed by atoms with Gasteiger partial charge >= 0.3 is 0 Å². The molecule has 0 unspecified atom stereocenters. The topological polar surface area (TPSA) is 24.9 Å². The Morgan fingerprint density at radius 2 is 1.84 bits per heavy atom. The number of anilines is 1. The summed E-state index contributed by atoms with van der Waals surface area (Å²) in [5.74, 6) is -1.44. The Morgan fingerprint density at radius 1 is 1.21 bits per heavy atom. The minimum atomic E-state index is -0.862. The van der Waals surface area contributed by atoms with E-state index < -0.39 is 11.6 Å². The van der Waals surface area contributed by atoms with Crippen LogP contribution in [0.15, 0.2) is 12.1 Å². The second-order valence-electron chi connectivity index (χ2n) is 4.95. The van der Waals surface area contributed by atoms with E-state index in [1.807, 2.05) is 13.8 Å². The molecule has 102 valence electrons. The van der Waals surface area contributed by atoms with Gasteiger partial charge in [0.05, 0.1) is 5.52 Å². The van der Waals surface area contributed by atoms with Crippen LogP contribution in [0.3, 0.4) is 0 Å². The Bertz CT molecular complexity index is 621. The van der Waals surface area contributed by atoms with E-state index in [9.17, 15) is 8.78 Å². The second-order valence-corrected chi connectivity index (χ2v) is 4.95. The second kappa shape index (κ2) is 5.11. The highest BCUT2D eigenvalue weighted by Gasteiger charge is 2.17. The molecule has 0 aliphatic carbocycles. The molecule has 0 fully saturated rings. The lowest BCUT2D eigenvalue weighted by atomic mass is 9.96. The summed E-state index contributed by atoms with van der Waals surface area (Å²) in [5, 5.41) is 3.89. The SMILES string of the molecule is CCNc1c(C(C)C)c(C)nc2cc(F)c(F)cc12. The van der Waals surface area contributed by atoms with E-state index in [0.29, 0.717) is 10.9 Å². The van der Waals surface area contributed by atoms with E-state index in [0.717, 1.165) is 29.6 Å². The van der Waals surface area contributed by atoms with Gasteiger partial charge < -0.3 is 5.32 Å². The van der Waals surface area contributed by atoms with Gasteiger partial charge in [0, 0.05) is 29.4 Å². The zero-order chi connectivity index (χ0) is 14.2. The first kappa shape index (κ1) is 13.7. The number of rotatable bonds is 3. The van der Waals surface area contributed by atoms with Crippen LogP contribution in [0, 0.1) is 18.6 Å². The number of aromatic nitrogens is 1. The van der Waals surface area contributed by atoms with Crippen LogP contribution in [0.4, 0.5) is 14.5 Å². The Kier molecular flexibility index (Phi) is 3.69. The molecule has 0 atom stereocenters. The van der Waals surface area contributed by atoms with Crippen molar-refractivity contribution in [1.82, 2.24) is 4.98 Å². The van der Waals surface area contributed by atoms with E-state index in [1.54, 1.807) is 0 Å². The lowest BCUT2D eigenvalue weighted by Crippen LogP contribution is -2.07. The van der Waals surface area contributed by atoms with Crippen LogP contribution < -0.4 is 5.32 Å². The highest BCUT2D eigenvalue weighted by molar-refractivity contribution is 5.93. The van der Waals surface area contributed by atoms with Gasteiger partial charge in [-0.3, -0.25) is 4.98 Å². The van der Waals surface area contributed by atoms with E-state index in [1.165, 1.54) is 6.07 Å². The fourth-order valence-electron chi connectivity index (χ4n) is 2.47. The number of hydrogen-bond acceptors (Lipinski definition) is 2. The Labute approximate surface area is 111 Å². The third kappa shape index (κ3) is 2.39. The first-order valence-electron chi connectivity index (χ1n) is 6.48.